The van der Waals surface area contributed by atoms with E-state index >= 15 is 0 Å². The highest BCUT2D eigenvalue weighted by Gasteiger charge is 1.90. The van der Waals surface area contributed by atoms with E-state index in [9.17, 15) is 4.79 Å². The lowest BCUT2D eigenvalue weighted by Gasteiger charge is -1.92. The van der Waals surface area contributed by atoms with E-state index in [2.05, 4.69) is 17.2 Å². The van der Waals surface area contributed by atoms with Crippen molar-refractivity contribution >= 4 is 29.4 Å². The van der Waals surface area contributed by atoms with Gasteiger partial charge in [-0.25, -0.2) is 0 Å². The number of aryl methyl sites for hydroxylation is 1. The Hall–Kier alpha value is -1.57. The predicted molar refractivity (Wildman–Crippen MR) is 60.2 cm³/mol. The average molecular weight is 203 g/mol. The standard InChI is InChI=1S/C11H9NOS/c1-9-2-4-10(5-3-9)6-7-11(13)12-8-14/h2-7H,1H3/b7-6+. The molecule has 0 N–H and O–H groups in total. The van der Waals surface area contributed by atoms with Gasteiger partial charge in [0.25, 0.3) is 5.91 Å². The first-order valence-corrected chi connectivity index (χ1v) is 4.50. The summed E-state index contributed by atoms with van der Waals surface area (Å²) in [5, 5.41) is 2.02. The predicted octanol–water partition coefficient (Wildman–Crippen LogP) is 2.64. The molecule has 1 aromatic carbocycles. The topological polar surface area (TPSA) is 29.4 Å². The van der Waals surface area contributed by atoms with E-state index in [0.29, 0.717) is 0 Å². The molecule has 2 nitrogen and oxygen atoms in total. The third-order valence-electron chi connectivity index (χ3n) is 1.65. The quantitative estimate of drug-likeness (QED) is 0.420. The fraction of sp³-hybridized carbons (Fsp3) is 0.0909. The Morgan fingerprint density at radius 3 is 2.64 bits per heavy atom. The summed E-state index contributed by atoms with van der Waals surface area (Å²) in [5.41, 5.74) is 2.15. The van der Waals surface area contributed by atoms with Crippen molar-refractivity contribution in [2.75, 3.05) is 0 Å². The molecule has 0 aliphatic rings. The summed E-state index contributed by atoms with van der Waals surface area (Å²) < 4.78 is 0. The first-order chi connectivity index (χ1) is 6.72. The van der Waals surface area contributed by atoms with Gasteiger partial charge in [0.2, 0.25) is 0 Å². The van der Waals surface area contributed by atoms with Crippen molar-refractivity contribution < 1.29 is 4.79 Å². The molecule has 0 aliphatic heterocycles. The second-order valence-electron chi connectivity index (χ2n) is 2.79. The van der Waals surface area contributed by atoms with Crippen LogP contribution >= 0.6 is 12.2 Å². The maximum atomic E-state index is 10.9. The molecule has 0 atom stereocenters. The van der Waals surface area contributed by atoms with Gasteiger partial charge in [-0.2, -0.15) is 4.99 Å². The number of benzene rings is 1. The van der Waals surface area contributed by atoms with Crippen LogP contribution in [0.5, 0.6) is 0 Å². The first kappa shape index (κ1) is 10.5. The van der Waals surface area contributed by atoms with Crippen molar-refractivity contribution in [2.45, 2.75) is 6.92 Å². The van der Waals surface area contributed by atoms with Crippen LogP contribution in [0.15, 0.2) is 35.3 Å². The molecule has 0 unspecified atom stereocenters. The molecule has 0 fully saturated rings. The molecule has 0 bridgehead atoms. The van der Waals surface area contributed by atoms with E-state index in [0.717, 1.165) is 5.56 Å². The molecule has 0 radical (unpaired) electrons. The van der Waals surface area contributed by atoms with E-state index in [1.165, 1.54) is 11.6 Å². The number of thiocarbonyl (C=S) groups is 1. The molecule has 3 heteroatoms. The fourth-order valence-corrected chi connectivity index (χ4v) is 1.02. The molecular weight excluding hydrogens is 194 g/mol. The second-order valence-corrected chi connectivity index (χ2v) is 2.97. The summed E-state index contributed by atoms with van der Waals surface area (Å²) in [6.45, 7) is 2.01. The van der Waals surface area contributed by atoms with E-state index in [1.54, 1.807) is 6.08 Å². The van der Waals surface area contributed by atoms with Gasteiger partial charge < -0.3 is 0 Å². The van der Waals surface area contributed by atoms with Gasteiger partial charge in [-0.15, -0.1) is 0 Å². The van der Waals surface area contributed by atoms with Crippen molar-refractivity contribution in [1.82, 2.24) is 0 Å². The lowest BCUT2D eigenvalue weighted by atomic mass is 10.1. The largest absolute Gasteiger partial charge is 0.278 e. The minimum absolute atomic E-state index is 0.388. The van der Waals surface area contributed by atoms with Crippen LogP contribution in [-0.4, -0.2) is 11.1 Å². The average Bonchev–Trinajstić information content (AvgIpc) is 2.17. The zero-order valence-corrected chi connectivity index (χ0v) is 8.54. The van der Waals surface area contributed by atoms with Crippen LogP contribution in [0.2, 0.25) is 0 Å². The summed E-state index contributed by atoms with van der Waals surface area (Å²) in [5.74, 6) is -0.388. The van der Waals surface area contributed by atoms with Gasteiger partial charge in [0.1, 0.15) is 0 Å². The Morgan fingerprint density at radius 1 is 1.43 bits per heavy atom. The van der Waals surface area contributed by atoms with Gasteiger partial charge in [0.05, 0.1) is 5.16 Å². The third-order valence-corrected chi connectivity index (χ3v) is 1.74. The summed E-state index contributed by atoms with van der Waals surface area (Å²) in [7, 11) is 0. The minimum Gasteiger partial charge on any atom is -0.267 e. The molecule has 0 aliphatic carbocycles. The molecule has 1 amide bonds. The summed E-state index contributed by atoms with van der Waals surface area (Å²) in [6, 6.07) is 7.82. The molecule has 0 saturated carbocycles. The number of amides is 1. The number of carbonyl (C=O) groups excluding carboxylic acids is 1. The van der Waals surface area contributed by atoms with Gasteiger partial charge in [-0.3, -0.25) is 4.79 Å². The van der Waals surface area contributed by atoms with Crippen LogP contribution in [-0.2, 0) is 4.79 Å². The van der Waals surface area contributed by atoms with Crippen LogP contribution in [0, 0.1) is 6.92 Å². The molecule has 0 heterocycles. The highest BCUT2D eigenvalue weighted by molar-refractivity contribution is 7.78. The highest BCUT2D eigenvalue weighted by atomic mass is 32.1. The molecule has 1 rings (SSSR count). The third kappa shape index (κ3) is 3.44. The first-order valence-electron chi connectivity index (χ1n) is 4.09. The number of isothiocyanates is 1. The highest BCUT2D eigenvalue weighted by Crippen LogP contribution is 2.04. The smallest absolute Gasteiger partial charge is 0.267 e. The van der Waals surface area contributed by atoms with Crippen LogP contribution in [0.3, 0.4) is 0 Å². The van der Waals surface area contributed by atoms with E-state index in [4.69, 9.17) is 0 Å². The van der Waals surface area contributed by atoms with E-state index in [1.807, 2.05) is 36.4 Å². The van der Waals surface area contributed by atoms with Gasteiger partial charge in [0, 0.05) is 6.08 Å². The van der Waals surface area contributed by atoms with Crippen molar-refractivity contribution in [3.63, 3.8) is 0 Å². The molecule has 0 aromatic heterocycles. The Balaban J connectivity index is 2.73. The Kier molecular flexibility index (Phi) is 3.92. The number of carbonyl (C=O) groups is 1. The summed E-state index contributed by atoms with van der Waals surface area (Å²) in [6.07, 6.45) is 3.06. The zero-order chi connectivity index (χ0) is 10.4. The molecule has 1 aromatic rings. The van der Waals surface area contributed by atoms with Crippen molar-refractivity contribution in [2.24, 2.45) is 4.99 Å². The van der Waals surface area contributed by atoms with Gasteiger partial charge in [-0.05, 0) is 30.8 Å². The normalized spacial score (nSPS) is 9.79. The van der Waals surface area contributed by atoms with Crippen molar-refractivity contribution in [3.8, 4) is 0 Å². The number of rotatable bonds is 2. The molecule has 0 saturated heterocycles. The molecule has 70 valence electrons. The van der Waals surface area contributed by atoms with Crippen LogP contribution in [0.1, 0.15) is 11.1 Å². The van der Waals surface area contributed by atoms with Gasteiger partial charge >= 0.3 is 0 Å². The van der Waals surface area contributed by atoms with Crippen molar-refractivity contribution in [3.05, 3.63) is 41.5 Å². The fourth-order valence-electron chi connectivity index (χ4n) is 0.927. The van der Waals surface area contributed by atoms with Gasteiger partial charge in [0.15, 0.2) is 0 Å². The number of nitrogens with zero attached hydrogens (tertiary/aromatic N) is 1. The Bertz CT molecular complexity index is 400. The number of hydrogen-bond donors (Lipinski definition) is 0. The lowest BCUT2D eigenvalue weighted by molar-refractivity contribution is -0.113. The van der Waals surface area contributed by atoms with E-state index in [-0.39, 0.29) is 5.91 Å². The maximum Gasteiger partial charge on any atom is 0.278 e. The number of hydrogen-bond acceptors (Lipinski definition) is 2. The Labute approximate surface area is 88.0 Å². The van der Waals surface area contributed by atoms with Crippen LogP contribution in [0.4, 0.5) is 0 Å². The minimum atomic E-state index is -0.388. The zero-order valence-electron chi connectivity index (χ0n) is 7.73. The van der Waals surface area contributed by atoms with E-state index < -0.39 is 0 Å². The van der Waals surface area contributed by atoms with Crippen LogP contribution in [0.25, 0.3) is 6.08 Å². The summed E-state index contributed by atoms with van der Waals surface area (Å²) >= 11 is 4.30. The molecular formula is C11H9NOS. The van der Waals surface area contributed by atoms with Crippen molar-refractivity contribution in [1.29, 1.82) is 0 Å². The Morgan fingerprint density at radius 2 is 2.07 bits per heavy atom. The number of aliphatic imine (C=N–C) groups is 1. The molecule has 0 spiro atoms. The van der Waals surface area contributed by atoms with Crippen LogP contribution < -0.4 is 0 Å². The SMILES string of the molecule is Cc1ccc(/C=C/C(=O)N=C=S)cc1. The molecule has 14 heavy (non-hydrogen) atoms. The monoisotopic (exact) mass is 203 g/mol. The lowest BCUT2D eigenvalue weighted by Crippen LogP contribution is -1.83. The maximum absolute atomic E-state index is 10.9. The second kappa shape index (κ2) is 5.22. The van der Waals surface area contributed by atoms with Gasteiger partial charge in [-0.1, -0.05) is 29.8 Å². The summed E-state index contributed by atoms with van der Waals surface area (Å²) in [4.78, 5) is 14.2.